The Labute approximate surface area is 113 Å². The zero-order chi connectivity index (χ0) is 13.2. The fourth-order valence-electron chi connectivity index (χ4n) is 2.37. The normalized spacial score (nSPS) is 22.2. The lowest BCUT2D eigenvalue weighted by molar-refractivity contribution is -0.117. The van der Waals surface area contributed by atoms with Crippen LogP contribution in [0.5, 0.6) is 0 Å². The van der Waals surface area contributed by atoms with Crippen molar-refractivity contribution in [2.75, 3.05) is 24.6 Å². The quantitative estimate of drug-likeness (QED) is 0.480. The van der Waals surface area contributed by atoms with Gasteiger partial charge < -0.3 is 4.74 Å². The molecule has 1 aromatic rings. The number of hydrogen-bond acceptors (Lipinski definition) is 5. The van der Waals surface area contributed by atoms with Crippen LogP contribution >= 0.6 is 11.3 Å². The van der Waals surface area contributed by atoms with Gasteiger partial charge in [-0.15, -0.1) is 0 Å². The first-order valence-corrected chi connectivity index (χ1v) is 6.97. The summed E-state index contributed by atoms with van der Waals surface area (Å²) in [6, 6.07) is 0. The van der Waals surface area contributed by atoms with Gasteiger partial charge in [0.15, 0.2) is 5.13 Å². The molecule has 0 saturated carbocycles. The second kappa shape index (κ2) is 5.16. The Morgan fingerprint density at radius 3 is 3.32 bits per heavy atom. The van der Waals surface area contributed by atoms with Gasteiger partial charge in [-0.25, -0.2) is 4.98 Å². The third kappa shape index (κ3) is 2.42. The summed E-state index contributed by atoms with van der Waals surface area (Å²) in [5.74, 6) is 0.158. The molecule has 19 heavy (non-hydrogen) atoms. The molecule has 0 spiro atoms. The van der Waals surface area contributed by atoms with E-state index >= 15 is 0 Å². The standard InChI is InChI=1S/C11H13N5O2S/c12-15-13-4-7-3-10(17)16(5-7)11-14-8-1-2-18-6-9(8)19-11/h7H,1-6H2. The molecule has 3 heterocycles. The Kier molecular flexibility index (Phi) is 3.37. The van der Waals surface area contributed by atoms with Gasteiger partial charge in [0.2, 0.25) is 5.91 Å². The average Bonchev–Trinajstić information content (AvgIpc) is 2.99. The average molecular weight is 279 g/mol. The summed E-state index contributed by atoms with van der Waals surface area (Å²) in [4.78, 5) is 22.1. The molecular formula is C11H13N5O2S. The van der Waals surface area contributed by atoms with Crippen molar-refractivity contribution in [1.29, 1.82) is 0 Å². The highest BCUT2D eigenvalue weighted by Crippen LogP contribution is 2.33. The summed E-state index contributed by atoms with van der Waals surface area (Å²) in [6.07, 6.45) is 1.25. The molecular weight excluding hydrogens is 266 g/mol. The van der Waals surface area contributed by atoms with Crippen LogP contribution in [-0.2, 0) is 22.6 Å². The van der Waals surface area contributed by atoms with Crippen molar-refractivity contribution in [3.05, 3.63) is 21.0 Å². The SMILES string of the molecule is [N-]=[N+]=NCC1CC(=O)N(c2nc3c(s2)COCC3)C1. The van der Waals surface area contributed by atoms with Crippen LogP contribution in [0.25, 0.3) is 10.4 Å². The van der Waals surface area contributed by atoms with E-state index in [-0.39, 0.29) is 11.8 Å². The Bertz CT molecular complexity index is 528. The van der Waals surface area contributed by atoms with Gasteiger partial charge in [-0.3, -0.25) is 9.69 Å². The highest BCUT2D eigenvalue weighted by atomic mass is 32.1. The summed E-state index contributed by atoms with van der Waals surface area (Å²) in [6.45, 7) is 2.25. The maximum atomic E-state index is 12.0. The third-order valence-electron chi connectivity index (χ3n) is 3.32. The molecule has 0 N–H and O–H groups in total. The minimum absolute atomic E-state index is 0.0603. The number of nitrogens with zero attached hydrogens (tertiary/aromatic N) is 5. The molecule has 100 valence electrons. The van der Waals surface area contributed by atoms with E-state index in [4.69, 9.17) is 10.3 Å². The van der Waals surface area contributed by atoms with Crippen LogP contribution in [0, 0.1) is 5.92 Å². The van der Waals surface area contributed by atoms with E-state index in [1.165, 1.54) is 11.3 Å². The molecule has 0 radical (unpaired) electrons. The highest BCUT2D eigenvalue weighted by molar-refractivity contribution is 7.15. The van der Waals surface area contributed by atoms with Crippen molar-refractivity contribution >= 4 is 22.4 Å². The van der Waals surface area contributed by atoms with Crippen LogP contribution in [0.2, 0.25) is 0 Å². The van der Waals surface area contributed by atoms with E-state index in [0.29, 0.717) is 32.7 Å². The minimum Gasteiger partial charge on any atom is -0.375 e. The topological polar surface area (TPSA) is 91.2 Å². The number of amides is 1. The number of thiazole rings is 1. The number of fused-ring (bicyclic) bond motifs is 1. The maximum absolute atomic E-state index is 12.0. The van der Waals surface area contributed by atoms with Crippen LogP contribution in [0.4, 0.5) is 5.13 Å². The van der Waals surface area contributed by atoms with Gasteiger partial charge in [-0.2, -0.15) is 0 Å². The van der Waals surface area contributed by atoms with Crippen LogP contribution in [0.1, 0.15) is 17.0 Å². The smallest absolute Gasteiger partial charge is 0.229 e. The molecule has 1 saturated heterocycles. The van der Waals surface area contributed by atoms with Crippen molar-refractivity contribution in [2.45, 2.75) is 19.4 Å². The molecule has 7 nitrogen and oxygen atoms in total. The van der Waals surface area contributed by atoms with E-state index in [0.717, 1.165) is 22.1 Å². The van der Waals surface area contributed by atoms with Crippen LogP contribution in [0.3, 0.4) is 0 Å². The van der Waals surface area contributed by atoms with Crippen molar-refractivity contribution in [3.63, 3.8) is 0 Å². The fraction of sp³-hybridized carbons (Fsp3) is 0.636. The number of azide groups is 1. The molecule has 1 aromatic heterocycles. The van der Waals surface area contributed by atoms with Gasteiger partial charge in [0, 0.05) is 30.8 Å². The molecule has 1 fully saturated rings. The molecule has 3 rings (SSSR count). The van der Waals surface area contributed by atoms with Gasteiger partial charge in [0.05, 0.1) is 23.8 Å². The van der Waals surface area contributed by atoms with Crippen LogP contribution in [0.15, 0.2) is 5.11 Å². The van der Waals surface area contributed by atoms with Crippen molar-refractivity contribution in [3.8, 4) is 0 Å². The summed E-state index contributed by atoms with van der Waals surface area (Å²) < 4.78 is 5.38. The Morgan fingerprint density at radius 2 is 2.53 bits per heavy atom. The zero-order valence-corrected chi connectivity index (χ0v) is 11.1. The molecule has 1 atom stereocenters. The number of hydrogen-bond donors (Lipinski definition) is 0. The predicted molar refractivity (Wildman–Crippen MR) is 69.9 cm³/mol. The highest BCUT2D eigenvalue weighted by Gasteiger charge is 2.32. The number of ether oxygens (including phenoxy) is 1. The monoisotopic (exact) mass is 279 g/mol. The van der Waals surface area contributed by atoms with Crippen LogP contribution in [-0.4, -0.2) is 30.6 Å². The van der Waals surface area contributed by atoms with Gasteiger partial charge in [0.25, 0.3) is 0 Å². The molecule has 2 aliphatic rings. The summed E-state index contributed by atoms with van der Waals surface area (Å²) in [5.41, 5.74) is 9.37. The van der Waals surface area contributed by atoms with Gasteiger partial charge >= 0.3 is 0 Å². The first kappa shape index (κ1) is 12.4. The van der Waals surface area contributed by atoms with E-state index in [2.05, 4.69) is 15.0 Å². The summed E-state index contributed by atoms with van der Waals surface area (Å²) in [7, 11) is 0. The van der Waals surface area contributed by atoms with E-state index < -0.39 is 0 Å². The number of rotatable bonds is 3. The molecule has 0 aromatic carbocycles. The van der Waals surface area contributed by atoms with Crippen LogP contribution < -0.4 is 4.90 Å². The lowest BCUT2D eigenvalue weighted by Crippen LogP contribution is -2.24. The van der Waals surface area contributed by atoms with Crippen molar-refractivity contribution in [2.24, 2.45) is 11.0 Å². The fourth-order valence-corrected chi connectivity index (χ4v) is 3.44. The van der Waals surface area contributed by atoms with Crippen molar-refractivity contribution < 1.29 is 9.53 Å². The number of anilines is 1. The Hall–Kier alpha value is -1.63. The third-order valence-corrected chi connectivity index (χ3v) is 4.42. The first-order chi connectivity index (χ1) is 9.28. The first-order valence-electron chi connectivity index (χ1n) is 6.15. The predicted octanol–water partition coefficient (Wildman–Crippen LogP) is 1.88. The molecule has 2 aliphatic heterocycles. The summed E-state index contributed by atoms with van der Waals surface area (Å²) >= 11 is 1.53. The number of carbonyl (C=O) groups excluding carboxylic acids is 1. The van der Waals surface area contributed by atoms with E-state index in [9.17, 15) is 4.79 Å². The second-order valence-electron chi connectivity index (χ2n) is 4.66. The Balaban J connectivity index is 1.76. The molecule has 0 bridgehead atoms. The molecule has 8 heteroatoms. The van der Waals surface area contributed by atoms with Gasteiger partial charge in [-0.05, 0) is 11.4 Å². The van der Waals surface area contributed by atoms with Gasteiger partial charge in [0.1, 0.15) is 0 Å². The van der Waals surface area contributed by atoms with E-state index in [1.54, 1.807) is 4.90 Å². The summed E-state index contributed by atoms with van der Waals surface area (Å²) in [5, 5.41) is 4.30. The lowest BCUT2D eigenvalue weighted by atomic mass is 10.1. The second-order valence-corrected chi connectivity index (χ2v) is 5.72. The lowest BCUT2D eigenvalue weighted by Gasteiger charge is -2.11. The molecule has 1 unspecified atom stereocenters. The van der Waals surface area contributed by atoms with Crippen molar-refractivity contribution in [1.82, 2.24) is 4.98 Å². The number of aromatic nitrogens is 1. The largest absolute Gasteiger partial charge is 0.375 e. The molecule has 0 aliphatic carbocycles. The van der Waals surface area contributed by atoms with Gasteiger partial charge in [-0.1, -0.05) is 16.5 Å². The minimum atomic E-state index is 0.0603. The maximum Gasteiger partial charge on any atom is 0.229 e. The zero-order valence-electron chi connectivity index (χ0n) is 10.3. The molecule has 1 amide bonds. The Morgan fingerprint density at radius 1 is 1.63 bits per heavy atom. The van der Waals surface area contributed by atoms with E-state index in [1.807, 2.05) is 0 Å². The number of carbonyl (C=O) groups is 1.